The summed E-state index contributed by atoms with van der Waals surface area (Å²) in [5, 5.41) is 9.98. The Morgan fingerprint density at radius 3 is 2.48 bits per heavy atom. The van der Waals surface area contributed by atoms with E-state index in [0.29, 0.717) is 12.6 Å². The van der Waals surface area contributed by atoms with E-state index in [0.717, 1.165) is 63.2 Å². The molecule has 3 rings (SSSR count). The van der Waals surface area contributed by atoms with Crippen LogP contribution in [0.1, 0.15) is 38.2 Å². The molecule has 2 saturated heterocycles. The number of para-hydroxylation sites is 1. The number of carbonyl (C=O) groups is 1. The molecule has 2 heterocycles. The molecular formula is C21H29N3O3. The maximum atomic E-state index is 11.9. The number of hydrogen-bond donors (Lipinski definition) is 0. The van der Waals surface area contributed by atoms with Gasteiger partial charge in [-0.3, -0.25) is 0 Å². The zero-order valence-electron chi connectivity index (χ0n) is 16.3. The first-order valence-electron chi connectivity index (χ1n) is 9.84. The summed E-state index contributed by atoms with van der Waals surface area (Å²) in [6.45, 7) is 5.54. The van der Waals surface area contributed by atoms with Crippen LogP contribution in [0.15, 0.2) is 24.3 Å². The van der Waals surface area contributed by atoms with E-state index < -0.39 is 5.41 Å². The van der Waals surface area contributed by atoms with Crippen LogP contribution in [0.4, 0.5) is 4.79 Å². The van der Waals surface area contributed by atoms with Gasteiger partial charge in [0.05, 0.1) is 25.2 Å². The van der Waals surface area contributed by atoms with E-state index in [1.807, 2.05) is 31.2 Å². The molecule has 146 valence electrons. The first-order chi connectivity index (χ1) is 13.1. The summed E-state index contributed by atoms with van der Waals surface area (Å²) in [5.41, 5.74) is 0.529. The van der Waals surface area contributed by atoms with E-state index in [9.17, 15) is 10.1 Å². The Balaban J connectivity index is 1.60. The minimum Gasteiger partial charge on any atom is -0.496 e. The highest BCUT2D eigenvalue weighted by atomic mass is 16.6. The average molecular weight is 371 g/mol. The van der Waals surface area contributed by atoms with Crippen molar-refractivity contribution in [1.82, 2.24) is 9.80 Å². The van der Waals surface area contributed by atoms with Crippen LogP contribution in [0, 0.1) is 11.3 Å². The van der Waals surface area contributed by atoms with Crippen molar-refractivity contribution in [1.29, 1.82) is 5.26 Å². The number of piperidine rings is 2. The highest BCUT2D eigenvalue weighted by Crippen LogP contribution is 2.40. The van der Waals surface area contributed by atoms with Gasteiger partial charge >= 0.3 is 6.09 Å². The third-order valence-electron chi connectivity index (χ3n) is 6.00. The van der Waals surface area contributed by atoms with E-state index in [-0.39, 0.29) is 6.09 Å². The topological polar surface area (TPSA) is 65.8 Å². The highest BCUT2D eigenvalue weighted by Gasteiger charge is 2.40. The Hall–Kier alpha value is -2.26. The van der Waals surface area contributed by atoms with Gasteiger partial charge in [-0.25, -0.2) is 4.79 Å². The third kappa shape index (κ3) is 4.03. The molecule has 0 radical (unpaired) electrons. The summed E-state index contributed by atoms with van der Waals surface area (Å²) in [6, 6.07) is 11.0. The molecule has 0 N–H and O–H groups in total. The monoisotopic (exact) mass is 371 g/mol. The molecule has 1 amide bonds. The SMILES string of the molecule is CCOC(=O)N1CCC(N2CCC(C#N)(c3ccccc3OC)CC2)CC1. The van der Waals surface area contributed by atoms with Crippen LogP contribution in [-0.2, 0) is 10.2 Å². The molecule has 1 aromatic rings. The zero-order chi connectivity index (χ0) is 19.3. The van der Waals surface area contributed by atoms with Gasteiger partial charge in [0.25, 0.3) is 0 Å². The lowest BCUT2D eigenvalue weighted by atomic mass is 9.73. The third-order valence-corrected chi connectivity index (χ3v) is 6.00. The average Bonchev–Trinajstić information content (AvgIpc) is 2.74. The highest BCUT2D eigenvalue weighted by molar-refractivity contribution is 5.67. The first kappa shape index (κ1) is 19.5. The van der Waals surface area contributed by atoms with Gasteiger partial charge in [-0.1, -0.05) is 18.2 Å². The molecule has 2 aliphatic rings. The smallest absolute Gasteiger partial charge is 0.409 e. The number of rotatable bonds is 4. The number of hydrogen-bond acceptors (Lipinski definition) is 5. The minimum atomic E-state index is -0.477. The molecule has 6 nitrogen and oxygen atoms in total. The fourth-order valence-electron chi connectivity index (χ4n) is 4.38. The second-order valence-corrected chi connectivity index (χ2v) is 7.35. The summed E-state index contributed by atoms with van der Waals surface area (Å²) in [7, 11) is 1.66. The summed E-state index contributed by atoms with van der Waals surface area (Å²) in [4.78, 5) is 16.2. The van der Waals surface area contributed by atoms with Gasteiger partial charge in [0.1, 0.15) is 5.75 Å². The van der Waals surface area contributed by atoms with Crippen LogP contribution >= 0.6 is 0 Å². The molecule has 0 aromatic heterocycles. The number of nitrogens with zero attached hydrogens (tertiary/aromatic N) is 3. The molecule has 1 aromatic carbocycles. The van der Waals surface area contributed by atoms with Crippen LogP contribution in [0.25, 0.3) is 0 Å². The molecule has 0 bridgehead atoms. The lowest BCUT2D eigenvalue weighted by Gasteiger charge is -2.44. The maximum Gasteiger partial charge on any atom is 0.409 e. The number of methoxy groups -OCH3 is 1. The second-order valence-electron chi connectivity index (χ2n) is 7.35. The minimum absolute atomic E-state index is 0.200. The number of nitriles is 1. The van der Waals surface area contributed by atoms with Crippen molar-refractivity contribution in [2.45, 2.75) is 44.1 Å². The van der Waals surface area contributed by atoms with Gasteiger partial charge in [0.2, 0.25) is 0 Å². The van der Waals surface area contributed by atoms with Crippen LogP contribution < -0.4 is 4.74 Å². The number of benzene rings is 1. The molecule has 27 heavy (non-hydrogen) atoms. The van der Waals surface area contributed by atoms with Gasteiger partial charge in [0, 0.05) is 37.8 Å². The maximum absolute atomic E-state index is 11.9. The second kappa shape index (κ2) is 8.62. The van der Waals surface area contributed by atoms with Crippen LogP contribution in [0.5, 0.6) is 5.75 Å². The van der Waals surface area contributed by atoms with E-state index >= 15 is 0 Å². The summed E-state index contributed by atoms with van der Waals surface area (Å²) in [5.74, 6) is 0.801. The molecular weight excluding hydrogens is 342 g/mol. The molecule has 6 heteroatoms. The summed E-state index contributed by atoms with van der Waals surface area (Å²) in [6.07, 6.45) is 3.35. The van der Waals surface area contributed by atoms with E-state index in [2.05, 4.69) is 11.0 Å². The van der Waals surface area contributed by atoms with Crippen molar-refractivity contribution in [3.05, 3.63) is 29.8 Å². The van der Waals surface area contributed by atoms with E-state index in [1.165, 1.54) is 0 Å². The number of amides is 1. The van der Waals surface area contributed by atoms with Crippen LogP contribution in [-0.4, -0.2) is 61.8 Å². The largest absolute Gasteiger partial charge is 0.496 e. The Morgan fingerprint density at radius 2 is 1.89 bits per heavy atom. The fourth-order valence-corrected chi connectivity index (χ4v) is 4.38. The molecule has 2 fully saturated rings. The fraction of sp³-hybridized carbons (Fsp3) is 0.619. The van der Waals surface area contributed by atoms with Gasteiger partial charge in [-0.2, -0.15) is 5.26 Å². The van der Waals surface area contributed by atoms with Gasteiger partial charge < -0.3 is 19.3 Å². The molecule has 0 atom stereocenters. The molecule has 0 saturated carbocycles. The van der Waals surface area contributed by atoms with Crippen LogP contribution in [0.2, 0.25) is 0 Å². The number of ether oxygens (including phenoxy) is 2. The van der Waals surface area contributed by atoms with Crippen molar-refractivity contribution in [2.75, 3.05) is 39.9 Å². The Kier molecular flexibility index (Phi) is 6.22. The number of carbonyl (C=O) groups excluding carboxylic acids is 1. The first-order valence-corrected chi connectivity index (χ1v) is 9.84. The summed E-state index contributed by atoms with van der Waals surface area (Å²) < 4.78 is 10.6. The van der Waals surface area contributed by atoms with Crippen molar-refractivity contribution in [3.8, 4) is 11.8 Å². The molecule has 0 unspecified atom stereocenters. The van der Waals surface area contributed by atoms with Crippen molar-refractivity contribution < 1.29 is 14.3 Å². The molecule has 0 aliphatic carbocycles. The van der Waals surface area contributed by atoms with E-state index in [1.54, 1.807) is 12.0 Å². The van der Waals surface area contributed by atoms with Gasteiger partial charge in [0.15, 0.2) is 0 Å². The van der Waals surface area contributed by atoms with Crippen molar-refractivity contribution in [3.63, 3.8) is 0 Å². The number of likely N-dealkylation sites (tertiary alicyclic amines) is 2. The van der Waals surface area contributed by atoms with Gasteiger partial charge in [-0.05, 0) is 38.7 Å². The van der Waals surface area contributed by atoms with Gasteiger partial charge in [-0.15, -0.1) is 0 Å². The standard InChI is InChI=1S/C21H29N3O3/c1-3-27-20(25)24-12-8-17(9-13-24)23-14-10-21(16-22,11-15-23)18-6-4-5-7-19(18)26-2/h4-7,17H,3,8-15H2,1-2H3. The van der Waals surface area contributed by atoms with Crippen molar-refractivity contribution >= 4 is 6.09 Å². The zero-order valence-corrected chi connectivity index (χ0v) is 16.3. The Morgan fingerprint density at radius 1 is 1.22 bits per heavy atom. The van der Waals surface area contributed by atoms with E-state index in [4.69, 9.17) is 9.47 Å². The Labute approximate surface area is 161 Å². The lowest BCUT2D eigenvalue weighted by Crippen LogP contribution is -2.51. The normalized spacial score (nSPS) is 20.7. The quantitative estimate of drug-likeness (QED) is 0.813. The predicted octanol–water partition coefficient (Wildman–Crippen LogP) is 3.17. The van der Waals surface area contributed by atoms with Crippen LogP contribution in [0.3, 0.4) is 0 Å². The summed E-state index contributed by atoms with van der Waals surface area (Å²) >= 11 is 0. The molecule has 2 aliphatic heterocycles. The molecule has 0 spiro atoms. The van der Waals surface area contributed by atoms with Crippen molar-refractivity contribution in [2.24, 2.45) is 0 Å². The predicted molar refractivity (Wildman–Crippen MR) is 103 cm³/mol. The lowest BCUT2D eigenvalue weighted by molar-refractivity contribution is 0.0616. The Bertz CT molecular complexity index is 684.